The maximum atomic E-state index is 14.7. The third-order valence-electron chi connectivity index (χ3n) is 4.85. The van der Waals surface area contributed by atoms with Gasteiger partial charge in [0, 0.05) is 17.2 Å². The van der Waals surface area contributed by atoms with Gasteiger partial charge in [-0.2, -0.15) is 0 Å². The van der Waals surface area contributed by atoms with Gasteiger partial charge in [-0.1, -0.05) is 23.8 Å². The van der Waals surface area contributed by atoms with Gasteiger partial charge in [0.05, 0.1) is 5.41 Å². The summed E-state index contributed by atoms with van der Waals surface area (Å²) in [6, 6.07) is 10.8. The standard InChI is InChI=1S/C24H28FN3O2/c1-15(2)28-14-26-27-22(28)20-12-17(13-30-23(29)24(4,5)6)8-9-18(20)19-11-16(3)7-10-21(19)25/h7-12,14-15H,13H2,1-6H3. The third kappa shape index (κ3) is 4.58. The summed E-state index contributed by atoms with van der Waals surface area (Å²) in [5.41, 5.74) is 3.16. The number of carbonyl (C=O) groups excluding carboxylic acids is 1. The van der Waals surface area contributed by atoms with E-state index in [1.807, 2.05) is 70.4 Å². The molecule has 5 nitrogen and oxygen atoms in total. The maximum Gasteiger partial charge on any atom is 0.311 e. The van der Waals surface area contributed by atoms with E-state index in [0.29, 0.717) is 11.4 Å². The molecule has 30 heavy (non-hydrogen) atoms. The van der Waals surface area contributed by atoms with Crippen molar-refractivity contribution in [3.8, 4) is 22.5 Å². The Hall–Kier alpha value is -3.02. The van der Waals surface area contributed by atoms with Crippen molar-refractivity contribution in [1.29, 1.82) is 0 Å². The first-order valence-electron chi connectivity index (χ1n) is 10.0. The minimum absolute atomic E-state index is 0.132. The highest BCUT2D eigenvalue weighted by molar-refractivity contribution is 5.82. The molecule has 0 aliphatic rings. The van der Waals surface area contributed by atoms with Crippen molar-refractivity contribution < 1.29 is 13.9 Å². The van der Waals surface area contributed by atoms with Crippen LogP contribution in [-0.4, -0.2) is 20.7 Å². The number of nitrogens with zero attached hydrogens (tertiary/aromatic N) is 3. The molecule has 0 saturated carbocycles. The summed E-state index contributed by atoms with van der Waals surface area (Å²) >= 11 is 0. The lowest BCUT2D eigenvalue weighted by atomic mass is 9.95. The predicted octanol–water partition coefficient (Wildman–Crippen LogP) is 5.73. The molecule has 0 atom stereocenters. The molecule has 0 aliphatic carbocycles. The number of aryl methyl sites for hydroxylation is 1. The molecule has 0 unspecified atom stereocenters. The largest absolute Gasteiger partial charge is 0.460 e. The molecule has 0 fully saturated rings. The number of esters is 1. The molecule has 0 radical (unpaired) electrons. The summed E-state index contributed by atoms with van der Waals surface area (Å²) < 4.78 is 22.1. The second-order valence-corrected chi connectivity index (χ2v) is 8.84. The molecular weight excluding hydrogens is 381 g/mol. The SMILES string of the molecule is Cc1ccc(F)c(-c2ccc(COC(=O)C(C)(C)C)cc2-c2nncn2C(C)C)c1. The van der Waals surface area contributed by atoms with E-state index in [-0.39, 0.29) is 24.4 Å². The molecule has 0 spiro atoms. The van der Waals surface area contributed by atoms with Crippen LogP contribution in [0.5, 0.6) is 0 Å². The fourth-order valence-electron chi connectivity index (χ4n) is 3.13. The molecule has 0 bridgehead atoms. The summed E-state index contributed by atoms with van der Waals surface area (Å²) in [6.07, 6.45) is 1.67. The van der Waals surface area contributed by atoms with Crippen molar-refractivity contribution in [3.63, 3.8) is 0 Å². The molecule has 3 aromatic rings. The van der Waals surface area contributed by atoms with Crippen molar-refractivity contribution in [1.82, 2.24) is 14.8 Å². The minimum Gasteiger partial charge on any atom is -0.460 e. The molecular formula is C24H28FN3O2. The van der Waals surface area contributed by atoms with E-state index in [2.05, 4.69) is 10.2 Å². The molecule has 0 aliphatic heterocycles. The van der Waals surface area contributed by atoms with E-state index < -0.39 is 5.41 Å². The Labute approximate surface area is 176 Å². The van der Waals surface area contributed by atoms with E-state index in [1.54, 1.807) is 12.4 Å². The first-order valence-corrected chi connectivity index (χ1v) is 10.0. The molecule has 2 aromatic carbocycles. The smallest absolute Gasteiger partial charge is 0.311 e. The molecule has 1 aromatic heterocycles. The molecule has 0 N–H and O–H groups in total. The molecule has 0 saturated heterocycles. The Bertz CT molecular complexity index is 1060. The van der Waals surface area contributed by atoms with Crippen LogP contribution in [0.3, 0.4) is 0 Å². The van der Waals surface area contributed by atoms with Gasteiger partial charge in [-0.3, -0.25) is 4.79 Å². The predicted molar refractivity (Wildman–Crippen MR) is 115 cm³/mol. The Kier molecular flexibility index (Phi) is 6.06. The lowest BCUT2D eigenvalue weighted by Gasteiger charge is -2.18. The van der Waals surface area contributed by atoms with Crippen LogP contribution in [0, 0.1) is 18.2 Å². The van der Waals surface area contributed by atoms with Gasteiger partial charge in [-0.05, 0) is 70.9 Å². The molecule has 0 amide bonds. The quantitative estimate of drug-likeness (QED) is 0.505. The lowest BCUT2D eigenvalue weighted by Crippen LogP contribution is -2.22. The molecule has 3 rings (SSSR count). The van der Waals surface area contributed by atoms with E-state index in [1.165, 1.54) is 6.07 Å². The second-order valence-electron chi connectivity index (χ2n) is 8.84. The topological polar surface area (TPSA) is 57.0 Å². The van der Waals surface area contributed by atoms with Crippen LogP contribution in [0.1, 0.15) is 51.8 Å². The van der Waals surface area contributed by atoms with Gasteiger partial charge in [0.2, 0.25) is 0 Å². The lowest BCUT2D eigenvalue weighted by molar-refractivity contribution is -0.154. The molecule has 158 valence electrons. The Morgan fingerprint density at radius 2 is 1.83 bits per heavy atom. The van der Waals surface area contributed by atoms with Crippen LogP contribution in [0.15, 0.2) is 42.7 Å². The van der Waals surface area contributed by atoms with E-state index in [4.69, 9.17) is 4.74 Å². The van der Waals surface area contributed by atoms with Crippen LogP contribution in [0.2, 0.25) is 0 Å². The first kappa shape index (κ1) is 21.7. The number of halogens is 1. The van der Waals surface area contributed by atoms with Crippen LogP contribution in [0.4, 0.5) is 4.39 Å². The van der Waals surface area contributed by atoms with Gasteiger partial charge < -0.3 is 9.30 Å². The number of carbonyl (C=O) groups is 1. The molecule has 6 heteroatoms. The highest BCUT2D eigenvalue weighted by atomic mass is 19.1. The third-order valence-corrected chi connectivity index (χ3v) is 4.85. The fraction of sp³-hybridized carbons (Fsp3) is 0.375. The zero-order valence-corrected chi connectivity index (χ0v) is 18.4. The number of hydrogen-bond donors (Lipinski definition) is 0. The summed E-state index contributed by atoms with van der Waals surface area (Å²) in [5.74, 6) is 0.0671. The van der Waals surface area contributed by atoms with Crippen LogP contribution in [0.25, 0.3) is 22.5 Å². The van der Waals surface area contributed by atoms with Crippen molar-refractivity contribution in [3.05, 3.63) is 59.7 Å². The first-order chi connectivity index (χ1) is 14.1. The minimum atomic E-state index is -0.578. The van der Waals surface area contributed by atoms with Crippen molar-refractivity contribution in [2.45, 2.75) is 54.2 Å². The average Bonchev–Trinajstić information content (AvgIpc) is 3.17. The van der Waals surface area contributed by atoms with Crippen molar-refractivity contribution >= 4 is 5.97 Å². The Morgan fingerprint density at radius 1 is 1.10 bits per heavy atom. The zero-order chi connectivity index (χ0) is 22.1. The number of aromatic nitrogens is 3. The number of hydrogen-bond acceptors (Lipinski definition) is 4. The normalized spacial score (nSPS) is 11.7. The van der Waals surface area contributed by atoms with Gasteiger partial charge >= 0.3 is 5.97 Å². The Morgan fingerprint density at radius 3 is 2.50 bits per heavy atom. The Balaban J connectivity index is 2.10. The average molecular weight is 410 g/mol. The summed E-state index contributed by atoms with van der Waals surface area (Å²) in [4.78, 5) is 12.2. The van der Waals surface area contributed by atoms with Gasteiger partial charge in [0.1, 0.15) is 18.8 Å². The summed E-state index contributed by atoms with van der Waals surface area (Å²) in [6.45, 7) is 11.6. The van der Waals surface area contributed by atoms with Gasteiger partial charge in [-0.15, -0.1) is 10.2 Å². The summed E-state index contributed by atoms with van der Waals surface area (Å²) in [7, 11) is 0. The fourth-order valence-corrected chi connectivity index (χ4v) is 3.13. The van der Waals surface area contributed by atoms with Crippen LogP contribution >= 0.6 is 0 Å². The number of rotatable bonds is 5. The monoisotopic (exact) mass is 409 g/mol. The van der Waals surface area contributed by atoms with Crippen LogP contribution in [-0.2, 0) is 16.1 Å². The van der Waals surface area contributed by atoms with Gasteiger partial charge in [0.15, 0.2) is 5.82 Å². The maximum absolute atomic E-state index is 14.7. The number of benzene rings is 2. The van der Waals surface area contributed by atoms with Gasteiger partial charge in [-0.25, -0.2) is 4.39 Å². The molecule has 1 heterocycles. The summed E-state index contributed by atoms with van der Waals surface area (Å²) in [5, 5.41) is 8.37. The second kappa shape index (κ2) is 8.38. The van der Waals surface area contributed by atoms with E-state index in [0.717, 1.165) is 22.3 Å². The van der Waals surface area contributed by atoms with E-state index >= 15 is 0 Å². The van der Waals surface area contributed by atoms with Crippen molar-refractivity contribution in [2.24, 2.45) is 5.41 Å². The van der Waals surface area contributed by atoms with Crippen molar-refractivity contribution in [2.75, 3.05) is 0 Å². The highest BCUT2D eigenvalue weighted by Crippen LogP contribution is 2.35. The zero-order valence-electron chi connectivity index (χ0n) is 18.4. The van der Waals surface area contributed by atoms with Crippen LogP contribution < -0.4 is 0 Å². The highest BCUT2D eigenvalue weighted by Gasteiger charge is 2.23. The van der Waals surface area contributed by atoms with Gasteiger partial charge in [0.25, 0.3) is 0 Å². The van der Waals surface area contributed by atoms with E-state index in [9.17, 15) is 9.18 Å². The number of ether oxygens (including phenoxy) is 1.